The van der Waals surface area contributed by atoms with E-state index in [0.717, 1.165) is 28.4 Å². The topological polar surface area (TPSA) is 59.8 Å². The van der Waals surface area contributed by atoms with Gasteiger partial charge in [-0.25, -0.2) is 4.98 Å². The molecule has 0 aliphatic rings. The molecular weight excluding hydrogens is 344 g/mol. The lowest BCUT2D eigenvalue weighted by Gasteiger charge is -2.03. The van der Waals surface area contributed by atoms with Crippen LogP contribution in [-0.4, -0.2) is 20.7 Å². The van der Waals surface area contributed by atoms with E-state index in [2.05, 4.69) is 15.4 Å². The maximum Gasteiger partial charge on any atom is 0.269 e. The van der Waals surface area contributed by atoms with Gasteiger partial charge in [-0.2, -0.15) is 5.10 Å². The molecule has 124 valence electrons. The summed E-state index contributed by atoms with van der Waals surface area (Å²) in [4.78, 5) is 16.8. The van der Waals surface area contributed by atoms with Gasteiger partial charge < -0.3 is 5.32 Å². The first kappa shape index (κ1) is 16.7. The molecule has 7 heteroatoms. The van der Waals surface area contributed by atoms with Crippen LogP contribution in [0.5, 0.6) is 0 Å². The second-order valence-corrected chi connectivity index (χ2v) is 6.63. The minimum Gasteiger partial charge on any atom is -0.345 e. The number of aryl methyl sites for hydroxylation is 2. The number of carbonyl (C=O) groups excluding carboxylic acids is 1. The van der Waals surface area contributed by atoms with Crippen molar-refractivity contribution in [2.45, 2.75) is 19.9 Å². The number of rotatable bonds is 5. The molecule has 0 fully saturated rings. The average molecular weight is 361 g/mol. The monoisotopic (exact) mass is 360 g/mol. The Morgan fingerprint density at radius 3 is 2.71 bits per heavy atom. The molecule has 2 aromatic heterocycles. The van der Waals surface area contributed by atoms with E-state index < -0.39 is 0 Å². The lowest BCUT2D eigenvalue weighted by Crippen LogP contribution is -2.25. The molecular formula is C17H17ClN4OS. The summed E-state index contributed by atoms with van der Waals surface area (Å²) in [5, 5.41) is 10.7. The molecule has 0 bridgehead atoms. The van der Waals surface area contributed by atoms with Crippen molar-refractivity contribution in [2.24, 2.45) is 7.05 Å². The fourth-order valence-electron chi connectivity index (χ4n) is 2.29. The predicted octanol–water partition coefficient (Wildman–Crippen LogP) is 3.69. The van der Waals surface area contributed by atoms with Crippen molar-refractivity contribution in [3.8, 4) is 10.6 Å². The molecule has 1 N–H and O–H groups in total. The van der Waals surface area contributed by atoms with Gasteiger partial charge in [0.25, 0.3) is 5.91 Å². The van der Waals surface area contributed by atoms with E-state index in [4.69, 9.17) is 11.6 Å². The highest BCUT2D eigenvalue weighted by Gasteiger charge is 2.13. The molecule has 24 heavy (non-hydrogen) atoms. The summed E-state index contributed by atoms with van der Waals surface area (Å²) in [6.45, 7) is 2.40. The Morgan fingerprint density at radius 1 is 1.29 bits per heavy atom. The van der Waals surface area contributed by atoms with Crippen molar-refractivity contribution >= 4 is 28.8 Å². The van der Waals surface area contributed by atoms with Gasteiger partial charge in [0, 0.05) is 23.0 Å². The van der Waals surface area contributed by atoms with Crippen LogP contribution in [-0.2, 0) is 20.0 Å². The van der Waals surface area contributed by atoms with Crippen LogP contribution in [0.1, 0.15) is 28.8 Å². The predicted molar refractivity (Wildman–Crippen MR) is 96.3 cm³/mol. The van der Waals surface area contributed by atoms with Crippen LogP contribution in [0, 0.1) is 0 Å². The molecule has 1 amide bonds. The number of nitrogens with zero attached hydrogens (tertiary/aromatic N) is 3. The van der Waals surface area contributed by atoms with Crippen LogP contribution in [0.3, 0.4) is 0 Å². The van der Waals surface area contributed by atoms with Gasteiger partial charge in [-0.3, -0.25) is 9.48 Å². The maximum atomic E-state index is 12.3. The first-order valence-corrected chi connectivity index (χ1v) is 8.84. The molecule has 0 aliphatic heterocycles. The van der Waals surface area contributed by atoms with E-state index >= 15 is 0 Å². The molecule has 3 aromatic rings. The largest absolute Gasteiger partial charge is 0.345 e. The number of hydrogen-bond acceptors (Lipinski definition) is 4. The Kier molecular flexibility index (Phi) is 4.97. The van der Waals surface area contributed by atoms with Crippen LogP contribution in [0.4, 0.5) is 0 Å². The van der Waals surface area contributed by atoms with Crippen molar-refractivity contribution < 1.29 is 4.79 Å². The summed E-state index contributed by atoms with van der Waals surface area (Å²) in [5.74, 6) is -0.147. The molecule has 0 aliphatic carbocycles. The van der Waals surface area contributed by atoms with E-state index in [1.54, 1.807) is 23.1 Å². The quantitative estimate of drug-likeness (QED) is 0.754. The summed E-state index contributed by atoms with van der Waals surface area (Å²) >= 11 is 7.44. The van der Waals surface area contributed by atoms with Gasteiger partial charge >= 0.3 is 0 Å². The first-order chi connectivity index (χ1) is 11.6. The molecule has 0 atom stereocenters. The van der Waals surface area contributed by atoms with Gasteiger partial charge in [-0.1, -0.05) is 30.7 Å². The summed E-state index contributed by atoms with van der Waals surface area (Å²) in [7, 11) is 1.77. The van der Waals surface area contributed by atoms with Crippen molar-refractivity contribution in [2.75, 3.05) is 0 Å². The average Bonchev–Trinajstić information content (AvgIpc) is 3.20. The third kappa shape index (κ3) is 3.66. The second kappa shape index (κ2) is 7.15. The van der Waals surface area contributed by atoms with Gasteiger partial charge in [0.05, 0.1) is 17.9 Å². The van der Waals surface area contributed by atoms with Crippen LogP contribution < -0.4 is 5.32 Å². The molecule has 0 radical (unpaired) electrons. The van der Waals surface area contributed by atoms with Crippen LogP contribution in [0.2, 0.25) is 5.02 Å². The number of thiazole rings is 1. The number of carbonyl (C=O) groups is 1. The third-order valence-corrected chi connectivity index (χ3v) is 4.79. The lowest BCUT2D eigenvalue weighted by atomic mass is 10.2. The van der Waals surface area contributed by atoms with Gasteiger partial charge in [0.1, 0.15) is 10.7 Å². The van der Waals surface area contributed by atoms with Crippen molar-refractivity contribution in [1.82, 2.24) is 20.1 Å². The number of nitrogens with one attached hydrogen (secondary N) is 1. The molecule has 3 rings (SSSR count). The van der Waals surface area contributed by atoms with Gasteiger partial charge in [0.2, 0.25) is 0 Å². The van der Waals surface area contributed by atoms with Gasteiger partial charge in [0.15, 0.2) is 0 Å². The third-order valence-electron chi connectivity index (χ3n) is 3.60. The maximum absolute atomic E-state index is 12.3. The smallest absolute Gasteiger partial charge is 0.269 e. The summed E-state index contributed by atoms with van der Waals surface area (Å²) in [6, 6.07) is 9.37. The Labute approximate surface area is 149 Å². The molecule has 1 aromatic carbocycles. The number of benzene rings is 1. The van der Waals surface area contributed by atoms with Crippen molar-refractivity contribution in [1.29, 1.82) is 0 Å². The molecule has 0 spiro atoms. The van der Waals surface area contributed by atoms with Crippen LogP contribution in [0.25, 0.3) is 10.6 Å². The van der Waals surface area contributed by atoms with E-state index in [-0.39, 0.29) is 5.91 Å². The summed E-state index contributed by atoms with van der Waals surface area (Å²) in [6.07, 6.45) is 0.803. The Balaban J connectivity index is 1.65. The highest BCUT2D eigenvalue weighted by Crippen LogP contribution is 2.25. The van der Waals surface area contributed by atoms with E-state index in [9.17, 15) is 4.79 Å². The zero-order valence-electron chi connectivity index (χ0n) is 13.4. The normalized spacial score (nSPS) is 10.8. The van der Waals surface area contributed by atoms with Crippen molar-refractivity contribution in [3.63, 3.8) is 0 Å². The Hall–Kier alpha value is -2.18. The molecule has 2 heterocycles. The summed E-state index contributed by atoms with van der Waals surface area (Å²) in [5.41, 5.74) is 3.30. The standard InChI is InChI=1S/C17H17ClN4OS/c1-3-13-8-15(22(2)21-13)16(23)19-9-14-10-24-17(20-14)11-4-6-12(18)7-5-11/h4-8,10H,3,9H2,1-2H3,(H,19,23). The zero-order chi connectivity index (χ0) is 17.1. The molecule has 0 saturated heterocycles. The number of hydrogen-bond donors (Lipinski definition) is 1. The van der Waals surface area contributed by atoms with E-state index in [0.29, 0.717) is 17.3 Å². The zero-order valence-corrected chi connectivity index (χ0v) is 15.0. The Morgan fingerprint density at radius 2 is 2.04 bits per heavy atom. The minimum absolute atomic E-state index is 0.147. The van der Waals surface area contributed by atoms with E-state index in [1.807, 2.05) is 42.6 Å². The minimum atomic E-state index is -0.147. The lowest BCUT2D eigenvalue weighted by molar-refractivity contribution is 0.0941. The number of aromatic nitrogens is 3. The molecule has 0 unspecified atom stereocenters. The molecule has 5 nitrogen and oxygen atoms in total. The van der Waals surface area contributed by atoms with Crippen LogP contribution in [0.15, 0.2) is 35.7 Å². The fraction of sp³-hybridized carbons (Fsp3) is 0.235. The SMILES string of the molecule is CCc1cc(C(=O)NCc2csc(-c3ccc(Cl)cc3)n2)n(C)n1. The second-order valence-electron chi connectivity index (χ2n) is 5.33. The first-order valence-electron chi connectivity index (χ1n) is 7.58. The highest BCUT2D eigenvalue weighted by molar-refractivity contribution is 7.13. The highest BCUT2D eigenvalue weighted by atomic mass is 35.5. The van der Waals surface area contributed by atoms with E-state index in [1.165, 1.54) is 0 Å². The van der Waals surface area contributed by atoms with Crippen LogP contribution >= 0.6 is 22.9 Å². The van der Waals surface area contributed by atoms with Gasteiger partial charge in [-0.05, 0) is 24.6 Å². The number of amides is 1. The molecule has 0 saturated carbocycles. The summed E-state index contributed by atoms with van der Waals surface area (Å²) < 4.78 is 1.61. The van der Waals surface area contributed by atoms with Crippen molar-refractivity contribution in [3.05, 3.63) is 57.8 Å². The number of halogens is 1. The Bertz CT molecular complexity index is 854. The van der Waals surface area contributed by atoms with Gasteiger partial charge in [-0.15, -0.1) is 11.3 Å². The fourth-order valence-corrected chi connectivity index (χ4v) is 3.24.